The minimum Gasteiger partial charge on any atom is -0.496 e. The van der Waals surface area contributed by atoms with Crippen molar-refractivity contribution in [2.75, 3.05) is 7.11 Å². The largest absolute Gasteiger partial charge is 0.496 e. The van der Waals surface area contributed by atoms with Gasteiger partial charge in [-0.2, -0.15) is 0 Å². The molecule has 2 aromatic rings. The number of nitrogens with two attached hydrogens (primary N) is 1. The van der Waals surface area contributed by atoms with E-state index in [9.17, 15) is 0 Å². The zero-order valence-corrected chi connectivity index (χ0v) is 10.9. The number of benzene rings is 1. The van der Waals surface area contributed by atoms with Crippen LogP contribution in [-0.2, 0) is 6.54 Å². The quantitative estimate of drug-likeness (QED) is 0.944. The van der Waals surface area contributed by atoms with Crippen LogP contribution in [0.15, 0.2) is 34.9 Å². The minimum atomic E-state index is 0.395. The third-order valence-corrected chi connectivity index (χ3v) is 2.82. The molecule has 0 aliphatic heterocycles. The Morgan fingerprint density at radius 2 is 2.18 bits per heavy atom. The van der Waals surface area contributed by atoms with Gasteiger partial charge < -0.3 is 10.5 Å². The number of halogens is 1. The summed E-state index contributed by atoms with van der Waals surface area (Å²) in [6.45, 7) is 0.395. The lowest BCUT2D eigenvalue weighted by Gasteiger charge is -2.08. The molecule has 0 atom stereocenters. The first-order chi connectivity index (χ1) is 8.24. The number of hydrogen-bond acceptors (Lipinski definition) is 4. The van der Waals surface area contributed by atoms with E-state index in [0.717, 1.165) is 21.5 Å². The molecule has 2 rings (SSSR count). The first-order valence-corrected chi connectivity index (χ1v) is 5.90. The van der Waals surface area contributed by atoms with Crippen LogP contribution in [0.2, 0.25) is 0 Å². The Morgan fingerprint density at radius 3 is 2.88 bits per heavy atom. The average Bonchev–Trinajstić information content (AvgIpc) is 2.39. The molecule has 0 amide bonds. The molecular weight excluding hydrogens is 282 g/mol. The van der Waals surface area contributed by atoms with Crippen LogP contribution in [0.4, 0.5) is 0 Å². The zero-order valence-electron chi connectivity index (χ0n) is 9.35. The van der Waals surface area contributed by atoms with Crippen molar-refractivity contribution in [2.24, 2.45) is 5.73 Å². The molecule has 5 heteroatoms. The second-order valence-corrected chi connectivity index (χ2v) is 4.34. The minimum absolute atomic E-state index is 0.395. The molecule has 0 bridgehead atoms. The number of methoxy groups -OCH3 is 1. The Kier molecular flexibility index (Phi) is 3.71. The maximum Gasteiger partial charge on any atom is 0.163 e. The van der Waals surface area contributed by atoms with Crippen LogP contribution >= 0.6 is 15.9 Å². The Bertz CT molecular complexity index is 531. The molecular formula is C12H12BrN3O. The first-order valence-electron chi connectivity index (χ1n) is 5.10. The molecule has 2 N–H and O–H groups in total. The van der Waals surface area contributed by atoms with Gasteiger partial charge >= 0.3 is 0 Å². The summed E-state index contributed by atoms with van der Waals surface area (Å²) in [5.41, 5.74) is 7.21. The molecule has 0 fully saturated rings. The van der Waals surface area contributed by atoms with E-state index in [0.29, 0.717) is 12.4 Å². The lowest BCUT2D eigenvalue weighted by Crippen LogP contribution is -2.02. The van der Waals surface area contributed by atoms with Gasteiger partial charge in [0.15, 0.2) is 5.82 Å². The highest BCUT2D eigenvalue weighted by molar-refractivity contribution is 9.10. The molecule has 0 saturated heterocycles. The van der Waals surface area contributed by atoms with Gasteiger partial charge in [0.05, 0.1) is 18.4 Å². The smallest absolute Gasteiger partial charge is 0.163 e. The lowest BCUT2D eigenvalue weighted by molar-refractivity contribution is 0.416. The molecule has 0 aliphatic carbocycles. The fourth-order valence-corrected chi connectivity index (χ4v) is 1.86. The molecule has 0 unspecified atom stereocenters. The summed E-state index contributed by atoms with van der Waals surface area (Å²) in [5.74, 6) is 1.36. The van der Waals surface area contributed by atoms with E-state index in [1.165, 1.54) is 0 Å². The van der Waals surface area contributed by atoms with Crippen molar-refractivity contribution in [1.29, 1.82) is 0 Å². The fraction of sp³-hybridized carbons (Fsp3) is 0.167. The number of rotatable bonds is 3. The van der Waals surface area contributed by atoms with E-state index in [-0.39, 0.29) is 0 Å². The van der Waals surface area contributed by atoms with Crippen molar-refractivity contribution in [3.63, 3.8) is 0 Å². The van der Waals surface area contributed by atoms with Gasteiger partial charge in [-0.3, -0.25) is 0 Å². The van der Waals surface area contributed by atoms with E-state index in [1.54, 1.807) is 19.4 Å². The van der Waals surface area contributed by atoms with Crippen LogP contribution in [-0.4, -0.2) is 17.1 Å². The van der Waals surface area contributed by atoms with Crippen molar-refractivity contribution in [3.05, 3.63) is 40.6 Å². The highest BCUT2D eigenvalue weighted by Crippen LogP contribution is 2.30. The van der Waals surface area contributed by atoms with Crippen LogP contribution in [0.5, 0.6) is 5.75 Å². The Balaban J connectivity index is 2.54. The summed E-state index contributed by atoms with van der Waals surface area (Å²) < 4.78 is 6.25. The molecule has 17 heavy (non-hydrogen) atoms. The molecule has 1 aromatic heterocycles. The van der Waals surface area contributed by atoms with Crippen molar-refractivity contribution >= 4 is 15.9 Å². The Labute approximate surface area is 108 Å². The number of hydrogen-bond donors (Lipinski definition) is 1. The van der Waals surface area contributed by atoms with E-state index >= 15 is 0 Å². The highest BCUT2D eigenvalue weighted by Gasteiger charge is 2.09. The van der Waals surface area contributed by atoms with Gasteiger partial charge in [-0.1, -0.05) is 15.9 Å². The number of nitrogens with zero attached hydrogens (tertiary/aromatic N) is 2. The van der Waals surface area contributed by atoms with Crippen molar-refractivity contribution in [1.82, 2.24) is 9.97 Å². The maximum atomic E-state index is 5.57. The molecule has 1 heterocycles. The summed E-state index contributed by atoms with van der Waals surface area (Å²) in [6.07, 6.45) is 1.70. The van der Waals surface area contributed by atoms with Gasteiger partial charge in [-0.05, 0) is 24.3 Å². The van der Waals surface area contributed by atoms with Gasteiger partial charge in [0.25, 0.3) is 0 Å². The SMILES string of the molecule is COc1ccc(Br)cc1-c1nccc(CN)n1. The van der Waals surface area contributed by atoms with Gasteiger partial charge in [0.1, 0.15) is 5.75 Å². The second-order valence-electron chi connectivity index (χ2n) is 3.42. The molecule has 4 nitrogen and oxygen atoms in total. The molecule has 0 spiro atoms. The van der Waals surface area contributed by atoms with Gasteiger partial charge in [0, 0.05) is 17.2 Å². The van der Waals surface area contributed by atoms with Crippen molar-refractivity contribution < 1.29 is 4.74 Å². The van der Waals surface area contributed by atoms with E-state index < -0.39 is 0 Å². The van der Waals surface area contributed by atoms with Crippen LogP contribution in [0, 0.1) is 0 Å². The van der Waals surface area contributed by atoms with Crippen LogP contribution < -0.4 is 10.5 Å². The summed E-state index contributed by atoms with van der Waals surface area (Å²) in [7, 11) is 1.62. The Hall–Kier alpha value is -1.46. The van der Waals surface area contributed by atoms with E-state index in [1.807, 2.05) is 18.2 Å². The summed E-state index contributed by atoms with van der Waals surface area (Å²) >= 11 is 3.42. The number of aromatic nitrogens is 2. The third kappa shape index (κ3) is 2.62. The average molecular weight is 294 g/mol. The standard InChI is InChI=1S/C12H12BrN3O/c1-17-11-3-2-8(13)6-10(11)12-15-5-4-9(7-14)16-12/h2-6H,7,14H2,1H3. The normalized spacial score (nSPS) is 10.3. The first kappa shape index (κ1) is 12.0. The Morgan fingerprint density at radius 1 is 1.35 bits per heavy atom. The topological polar surface area (TPSA) is 61.0 Å². The van der Waals surface area contributed by atoms with E-state index in [4.69, 9.17) is 10.5 Å². The summed E-state index contributed by atoms with van der Waals surface area (Å²) in [5, 5.41) is 0. The predicted molar refractivity (Wildman–Crippen MR) is 69.6 cm³/mol. The van der Waals surface area contributed by atoms with Crippen molar-refractivity contribution in [3.8, 4) is 17.1 Å². The van der Waals surface area contributed by atoms with Gasteiger partial charge in [0.2, 0.25) is 0 Å². The second kappa shape index (κ2) is 5.25. The third-order valence-electron chi connectivity index (χ3n) is 2.32. The predicted octanol–water partition coefficient (Wildman–Crippen LogP) is 2.37. The van der Waals surface area contributed by atoms with E-state index in [2.05, 4.69) is 25.9 Å². The van der Waals surface area contributed by atoms with Crippen LogP contribution in [0.3, 0.4) is 0 Å². The van der Waals surface area contributed by atoms with Gasteiger partial charge in [-0.15, -0.1) is 0 Å². The molecule has 0 radical (unpaired) electrons. The molecule has 0 saturated carbocycles. The lowest BCUT2D eigenvalue weighted by atomic mass is 10.2. The number of ether oxygens (including phenoxy) is 1. The maximum absolute atomic E-state index is 5.57. The summed E-state index contributed by atoms with van der Waals surface area (Å²) in [6, 6.07) is 7.51. The highest BCUT2D eigenvalue weighted by atomic mass is 79.9. The van der Waals surface area contributed by atoms with Crippen molar-refractivity contribution in [2.45, 2.75) is 6.54 Å². The molecule has 1 aromatic carbocycles. The monoisotopic (exact) mass is 293 g/mol. The molecule has 88 valence electrons. The molecule has 0 aliphatic rings. The van der Waals surface area contributed by atoms with Crippen LogP contribution in [0.25, 0.3) is 11.4 Å². The van der Waals surface area contributed by atoms with Gasteiger partial charge in [-0.25, -0.2) is 9.97 Å². The summed E-state index contributed by atoms with van der Waals surface area (Å²) in [4.78, 5) is 8.61. The van der Waals surface area contributed by atoms with Crippen LogP contribution in [0.1, 0.15) is 5.69 Å². The fourth-order valence-electron chi connectivity index (χ4n) is 1.49. The zero-order chi connectivity index (χ0) is 12.3.